The Kier molecular flexibility index (Phi) is 6.61. The lowest BCUT2D eigenvalue weighted by Gasteiger charge is -2.33. The fourth-order valence-electron chi connectivity index (χ4n) is 2.76. The number of likely N-dealkylation sites (tertiary alicyclic amines) is 1. The summed E-state index contributed by atoms with van der Waals surface area (Å²) in [7, 11) is 0. The van der Waals surface area contributed by atoms with Crippen molar-refractivity contribution < 1.29 is 5.11 Å². The van der Waals surface area contributed by atoms with Gasteiger partial charge in [0.15, 0.2) is 0 Å². The summed E-state index contributed by atoms with van der Waals surface area (Å²) in [4.78, 5) is 2.55. The van der Waals surface area contributed by atoms with Crippen molar-refractivity contribution in [3.63, 3.8) is 0 Å². The van der Waals surface area contributed by atoms with Crippen LogP contribution in [-0.2, 0) is 0 Å². The third kappa shape index (κ3) is 6.72. The molecule has 0 bridgehead atoms. The molecule has 2 N–H and O–H groups in total. The Balaban J connectivity index is 2.14. The van der Waals surface area contributed by atoms with Crippen LogP contribution in [0.25, 0.3) is 0 Å². The maximum absolute atomic E-state index is 9.98. The van der Waals surface area contributed by atoms with Crippen LogP contribution in [0.1, 0.15) is 53.4 Å². The second kappa shape index (κ2) is 7.46. The van der Waals surface area contributed by atoms with E-state index in [1.54, 1.807) is 0 Å². The Hall–Kier alpha value is -0.120. The summed E-state index contributed by atoms with van der Waals surface area (Å²) >= 11 is 0. The van der Waals surface area contributed by atoms with Crippen LogP contribution in [0.5, 0.6) is 0 Å². The van der Waals surface area contributed by atoms with Crippen LogP contribution in [0.2, 0.25) is 0 Å². The van der Waals surface area contributed by atoms with Gasteiger partial charge in [-0.1, -0.05) is 27.7 Å². The highest BCUT2D eigenvalue weighted by Crippen LogP contribution is 2.20. The van der Waals surface area contributed by atoms with Crippen LogP contribution >= 0.6 is 0 Å². The zero-order chi connectivity index (χ0) is 13.6. The van der Waals surface area contributed by atoms with E-state index >= 15 is 0 Å². The van der Waals surface area contributed by atoms with E-state index in [1.807, 2.05) is 0 Å². The summed E-state index contributed by atoms with van der Waals surface area (Å²) in [6, 6.07) is 0.604. The van der Waals surface area contributed by atoms with E-state index in [9.17, 15) is 5.11 Å². The fourth-order valence-corrected chi connectivity index (χ4v) is 2.76. The first-order valence-electron chi connectivity index (χ1n) is 7.54. The lowest BCUT2D eigenvalue weighted by molar-refractivity contribution is 0.110. The molecule has 0 aromatic heterocycles. The number of nitrogens with one attached hydrogen (secondary N) is 1. The van der Waals surface area contributed by atoms with Gasteiger partial charge in [-0.25, -0.2) is 0 Å². The number of hydrogen-bond acceptors (Lipinski definition) is 3. The van der Waals surface area contributed by atoms with E-state index in [0.717, 1.165) is 13.0 Å². The first-order valence-corrected chi connectivity index (χ1v) is 7.54. The Labute approximate surface area is 113 Å². The summed E-state index contributed by atoms with van der Waals surface area (Å²) in [6.07, 6.45) is 4.36. The molecule has 1 unspecified atom stereocenters. The molecule has 18 heavy (non-hydrogen) atoms. The number of nitrogens with zero attached hydrogens (tertiary/aromatic N) is 1. The highest BCUT2D eigenvalue weighted by molar-refractivity contribution is 4.79. The average molecular weight is 256 g/mol. The number of aliphatic hydroxyl groups is 1. The summed E-state index contributed by atoms with van der Waals surface area (Å²) in [6.45, 7) is 13.2. The molecule has 3 heteroatoms. The summed E-state index contributed by atoms with van der Waals surface area (Å²) in [5.41, 5.74) is 0.214. The normalized spacial score (nSPS) is 21.2. The van der Waals surface area contributed by atoms with Gasteiger partial charge in [0.05, 0.1) is 6.10 Å². The van der Waals surface area contributed by atoms with Crippen molar-refractivity contribution in [2.75, 3.05) is 26.2 Å². The molecular formula is C15H32N2O. The molecule has 0 spiro atoms. The zero-order valence-corrected chi connectivity index (χ0v) is 12.7. The molecule has 0 aromatic rings. The van der Waals surface area contributed by atoms with Gasteiger partial charge in [0.2, 0.25) is 0 Å². The Morgan fingerprint density at radius 1 is 1.28 bits per heavy atom. The maximum atomic E-state index is 9.98. The average Bonchev–Trinajstić information content (AvgIpc) is 2.26. The molecule has 3 nitrogen and oxygen atoms in total. The highest BCUT2D eigenvalue weighted by atomic mass is 16.3. The second-order valence-electron chi connectivity index (χ2n) is 6.94. The fraction of sp³-hybridized carbons (Fsp3) is 1.00. The van der Waals surface area contributed by atoms with E-state index in [2.05, 4.69) is 37.9 Å². The molecule has 0 aromatic carbocycles. The lowest BCUT2D eigenvalue weighted by Crippen LogP contribution is -2.45. The quantitative estimate of drug-likeness (QED) is 0.765. The maximum Gasteiger partial charge on any atom is 0.0669 e. The molecule has 1 heterocycles. The molecule has 0 aliphatic carbocycles. The second-order valence-corrected chi connectivity index (χ2v) is 6.94. The number of aliphatic hydroxyl groups excluding tert-OH is 1. The van der Waals surface area contributed by atoms with E-state index in [1.165, 1.54) is 38.9 Å². The van der Waals surface area contributed by atoms with E-state index in [4.69, 9.17) is 0 Å². The SMILES string of the molecule is CCCN1CCC(NCC(O)CC(C)(C)C)CC1. The molecular weight excluding hydrogens is 224 g/mol. The molecule has 1 fully saturated rings. The predicted molar refractivity (Wildman–Crippen MR) is 77.8 cm³/mol. The topological polar surface area (TPSA) is 35.5 Å². The number of piperidine rings is 1. The van der Waals surface area contributed by atoms with Crippen LogP contribution in [0.4, 0.5) is 0 Å². The van der Waals surface area contributed by atoms with Crippen molar-refractivity contribution in [2.24, 2.45) is 5.41 Å². The van der Waals surface area contributed by atoms with Gasteiger partial charge in [0.1, 0.15) is 0 Å². The van der Waals surface area contributed by atoms with Crippen molar-refractivity contribution >= 4 is 0 Å². The standard InChI is InChI=1S/C15H32N2O/c1-5-8-17-9-6-13(7-10-17)16-12-14(18)11-15(2,3)4/h13-14,16,18H,5-12H2,1-4H3. The molecule has 108 valence electrons. The minimum atomic E-state index is -0.210. The highest BCUT2D eigenvalue weighted by Gasteiger charge is 2.20. The van der Waals surface area contributed by atoms with E-state index in [-0.39, 0.29) is 11.5 Å². The van der Waals surface area contributed by atoms with Gasteiger partial charge in [0, 0.05) is 12.6 Å². The van der Waals surface area contributed by atoms with Gasteiger partial charge in [-0.2, -0.15) is 0 Å². The van der Waals surface area contributed by atoms with E-state index in [0.29, 0.717) is 6.04 Å². The monoisotopic (exact) mass is 256 g/mol. The Morgan fingerprint density at radius 3 is 2.39 bits per heavy atom. The largest absolute Gasteiger partial charge is 0.392 e. The summed E-state index contributed by atoms with van der Waals surface area (Å²) < 4.78 is 0. The number of hydrogen-bond donors (Lipinski definition) is 2. The van der Waals surface area contributed by atoms with Crippen molar-refractivity contribution in [3.8, 4) is 0 Å². The van der Waals surface area contributed by atoms with Crippen molar-refractivity contribution in [1.29, 1.82) is 0 Å². The molecule has 1 aliphatic rings. The molecule has 1 atom stereocenters. The minimum Gasteiger partial charge on any atom is -0.392 e. The van der Waals surface area contributed by atoms with Gasteiger partial charge < -0.3 is 15.3 Å². The molecule has 0 saturated carbocycles. The van der Waals surface area contributed by atoms with Crippen LogP contribution in [0.3, 0.4) is 0 Å². The molecule has 1 rings (SSSR count). The van der Waals surface area contributed by atoms with Gasteiger partial charge in [-0.05, 0) is 50.7 Å². The Morgan fingerprint density at radius 2 is 1.89 bits per heavy atom. The molecule has 1 saturated heterocycles. The van der Waals surface area contributed by atoms with Crippen LogP contribution in [0, 0.1) is 5.41 Å². The van der Waals surface area contributed by atoms with Gasteiger partial charge >= 0.3 is 0 Å². The van der Waals surface area contributed by atoms with Crippen molar-refractivity contribution in [1.82, 2.24) is 10.2 Å². The number of rotatable bonds is 6. The van der Waals surface area contributed by atoms with Crippen LogP contribution < -0.4 is 5.32 Å². The van der Waals surface area contributed by atoms with Gasteiger partial charge in [-0.3, -0.25) is 0 Å². The van der Waals surface area contributed by atoms with Crippen molar-refractivity contribution in [3.05, 3.63) is 0 Å². The lowest BCUT2D eigenvalue weighted by atomic mass is 9.89. The summed E-state index contributed by atoms with van der Waals surface area (Å²) in [5, 5.41) is 13.5. The molecule has 0 amide bonds. The smallest absolute Gasteiger partial charge is 0.0669 e. The van der Waals surface area contributed by atoms with Gasteiger partial charge in [0.25, 0.3) is 0 Å². The van der Waals surface area contributed by atoms with Gasteiger partial charge in [-0.15, -0.1) is 0 Å². The zero-order valence-electron chi connectivity index (χ0n) is 12.7. The predicted octanol–water partition coefficient (Wildman–Crippen LogP) is 2.25. The molecule has 1 aliphatic heterocycles. The summed E-state index contributed by atoms with van der Waals surface area (Å²) in [5.74, 6) is 0. The first-order chi connectivity index (χ1) is 8.40. The first kappa shape index (κ1) is 15.9. The third-order valence-corrected chi connectivity index (χ3v) is 3.62. The molecule has 0 radical (unpaired) electrons. The Bertz CT molecular complexity index is 217. The third-order valence-electron chi connectivity index (χ3n) is 3.62. The van der Waals surface area contributed by atoms with E-state index < -0.39 is 0 Å². The minimum absolute atomic E-state index is 0.210. The van der Waals surface area contributed by atoms with Crippen molar-refractivity contribution in [2.45, 2.75) is 65.5 Å². The van der Waals surface area contributed by atoms with Crippen LogP contribution in [0.15, 0.2) is 0 Å². The van der Waals surface area contributed by atoms with Crippen LogP contribution in [-0.4, -0.2) is 48.3 Å².